The van der Waals surface area contributed by atoms with Crippen molar-refractivity contribution in [3.63, 3.8) is 0 Å². The van der Waals surface area contributed by atoms with Gasteiger partial charge < -0.3 is 4.42 Å². The third-order valence-electron chi connectivity index (χ3n) is 7.25. The van der Waals surface area contributed by atoms with Gasteiger partial charge in [0.2, 0.25) is 0 Å². The molecule has 0 aliphatic rings. The van der Waals surface area contributed by atoms with Crippen LogP contribution in [0.2, 0.25) is 0 Å². The lowest BCUT2D eigenvalue weighted by atomic mass is 9.99. The number of furan rings is 1. The lowest BCUT2D eigenvalue weighted by Gasteiger charge is -2.12. The van der Waals surface area contributed by atoms with Crippen LogP contribution < -0.4 is 0 Å². The van der Waals surface area contributed by atoms with Gasteiger partial charge in [0.15, 0.2) is 5.82 Å². The highest BCUT2D eigenvalue weighted by Gasteiger charge is 2.16. The van der Waals surface area contributed by atoms with Gasteiger partial charge in [0.05, 0.1) is 11.2 Å². The highest BCUT2D eigenvalue weighted by Crippen LogP contribution is 2.38. The third kappa shape index (κ3) is 3.08. The van der Waals surface area contributed by atoms with E-state index in [0.29, 0.717) is 5.82 Å². The molecule has 2 heterocycles. The Morgan fingerprint density at radius 1 is 0.459 bits per heavy atom. The van der Waals surface area contributed by atoms with E-state index in [9.17, 15) is 0 Å². The molecule has 172 valence electrons. The van der Waals surface area contributed by atoms with E-state index in [-0.39, 0.29) is 0 Å². The van der Waals surface area contributed by atoms with E-state index in [1.54, 1.807) is 0 Å². The molecule has 0 atom stereocenters. The molecule has 3 nitrogen and oxygen atoms in total. The Hall–Kier alpha value is -5.02. The van der Waals surface area contributed by atoms with Gasteiger partial charge in [-0.25, -0.2) is 9.97 Å². The molecule has 0 fully saturated rings. The molecule has 0 N–H and O–H groups in total. The van der Waals surface area contributed by atoms with Crippen molar-refractivity contribution in [2.45, 2.75) is 0 Å². The summed E-state index contributed by atoms with van der Waals surface area (Å²) in [6.45, 7) is 0. The van der Waals surface area contributed by atoms with Crippen molar-refractivity contribution < 1.29 is 4.42 Å². The van der Waals surface area contributed by atoms with Gasteiger partial charge in [-0.1, -0.05) is 97.1 Å². The van der Waals surface area contributed by atoms with Crippen LogP contribution in [0.15, 0.2) is 126 Å². The molecule has 0 aliphatic heterocycles. The zero-order chi connectivity index (χ0) is 24.3. The first kappa shape index (κ1) is 20.2. The predicted molar refractivity (Wildman–Crippen MR) is 153 cm³/mol. The highest BCUT2D eigenvalue weighted by atomic mass is 16.3. The second-order valence-electron chi connectivity index (χ2n) is 9.42. The zero-order valence-electron chi connectivity index (χ0n) is 19.8. The molecule has 37 heavy (non-hydrogen) atoms. The van der Waals surface area contributed by atoms with Crippen LogP contribution in [0.3, 0.4) is 0 Å². The summed E-state index contributed by atoms with van der Waals surface area (Å²) in [5, 5.41) is 7.98. The summed E-state index contributed by atoms with van der Waals surface area (Å²) in [5.41, 5.74) is 5.74. The second kappa shape index (κ2) is 7.74. The molecule has 2 aromatic heterocycles. The van der Waals surface area contributed by atoms with Crippen molar-refractivity contribution in [1.29, 1.82) is 0 Å². The lowest BCUT2D eigenvalue weighted by Crippen LogP contribution is -1.96. The number of benzene rings is 6. The summed E-state index contributed by atoms with van der Waals surface area (Å²) < 4.78 is 6.15. The Kier molecular flexibility index (Phi) is 4.23. The summed E-state index contributed by atoms with van der Waals surface area (Å²) in [4.78, 5) is 10.3. The third-order valence-corrected chi connectivity index (χ3v) is 7.25. The molecule has 0 aliphatic carbocycles. The van der Waals surface area contributed by atoms with Crippen molar-refractivity contribution in [3.8, 4) is 22.6 Å². The van der Waals surface area contributed by atoms with Crippen molar-refractivity contribution in [2.75, 3.05) is 0 Å². The molecule has 8 aromatic rings. The smallest absolute Gasteiger partial charge is 0.160 e. The van der Waals surface area contributed by atoms with E-state index < -0.39 is 0 Å². The molecule has 6 aromatic carbocycles. The SMILES string of the molecule is c1ccc(-c2nc(-c3ccc4ccc5oc6ccccc6c5c4c3)nc3ccc4ccccc4c23)cc1. The van der Waals surface area contributed by atoms with E-state index >= 15 is 0 Å². The number of fused-ring (bicyclic) bond motifs is 8. The summed E-state index contributed by atoms with van der Waals surface area (Å²) >= 11 is 0. The average molecular weight is 473 g/mol. The molecule has 0 spiro atoms. The molecular formula is C34H20N2O. The summed E-state index contributed by atoms with van der Waals surface area (Å²) in [6.07, 6.45) is 0. The average Bonchev–Trinajstić information content (AvgIpc) is 3.36. The highest BCUT2D eigenvalue weighted by molar-refractivity contribution is 6.19. The predicted octanol–water partition coefficient (Wildman–Crippen LogP) is 9.17. The maximum Gasteiger partial charge on any atom is 0.160 e. The quantitative estimate of drug-likeness (QED) is 0.235. The van der Waals surface area contributed by atoms with Gasteiger partial charge in [0.25, 0.3) is 0 Å². The first-order chi connectivity index (χ1) is 18.3. The Balaban J connectivity index is 1.45. The molecular weight excluding hydrogens is 452 g/mol. The van der Waals surface area contributed by atoms with Gasteiger partial charge in [-0.3, -0.25) is 0 Å². The minimum Gasteiger partial charge on any atom is -0.456 e. The van der Waals surface area contributed by atoms with Crippen LogP contribution in [0.5, 0.6) is 0 Å². The van der Waals surface area contributed by atoms with Crippen molar-refractivity contribution >= 4 is 54.4 Å². The molecule has 0 bridgehead atoms. The molecule has 0 saturated heterocycles. The van der Waals surface area contributed by atoms with Crippen LogP contribution in [0.1, 0.15) is 0 Å². The van der Waals surface area contributed by atoms with Crippen molar-refractivity contribution in [2.24, 2.45) is 0 Å². The zero-order valence-corrected chi connectivity index (χ0v) is 19.8. The van der Waals surface area contributed by atoms with E-state index in [2.05, 4.69) is 103 Å². The van der Waals surface area contributed by atoms with Crippen LogP contribution in [0.25, 0.3) is 77.0 Å². The molecule has 0 radical (unpaired) electrons. The Labute approximate surface area is 212 Å². The monoisotopic (exact) mass is 472 g/mol. The molecule has 3 heteroatoms. The first-order valence-electron chi connectivity index (χ1n) is 12.4. The topological polar surface area (TPSA) is 38.9 Å². The fourth-order valence-electron chi connectivity index (χ4n) is 5.52. The fourth-order valence-corrected chi connectivity index (χ4v) is 5.52. The van der Waals surface area contributed by atoms with E-state index in [1.807, 2.05) is 18.2 Å². The van der Waals surface area contributed by atoms with Gasteiger partial charge in [0, 0.05) is 27.3 Å². The Bertz CT molecular complexity index is 2140. The van der Waals surface area contributed by atoms with Gasteiger partial charge in [-0.15, -0.1) is 0 Å². The summed E-state index contributed by atoms with van der Waals surface area (Å²) in [6, 6.07) is 42.0. The summed E-state index contributed by atoms with van der Waals surface area (Å²) in [5.74, 6) is 0.716. The van der Waals surface area contributed by atoms with Crippen molar-refractivity contribution in [3.05, 3.63) is 121 Å². The number of hydrogen-bond acceptors (Lipinski definition) is 3. The fraction of sp³-hybridized carbons (Fsp3) is 0. The number of para-hydroxylation sites is 1. The molecule has 8 rings (SSSR count). The maximum atomic E-state index is 6.15. The van der Waals surface area contributed by atoms with E-state index in [0.717, 1.165) is 65.8 Å². The standard InChI is InChI=1S/C34H20N2O/c1-2-9-23(10-3-1)33-32-25-11-5-4-8-21(25)16-18-28(32)35-34(36-33)24-15-14-22-17-19-30-31(27(22)20-24)26-12-6-7-13-29(26)37-30/h1-20H. The van der Waals surface area contributed by atoms with Crippen LogP contribution in [-0.2, 0) is 0 Å². The molecule has 0 amide bonds. The van der Waals surface area contributed by atoms with E-state index in [1.165, 1.54) is 5.39 Å². The van der Waals surface area contributed by atoms with Gasteiger partial charge in [0.1, 0.15) is 11.2 Å². The van der Waals surface area contributed by atoms with Crippen LogP contribution in [0.4, 0.5) is 0 Å². The Morgan fingerprint density at radius 2 is 1.19 bits per heavy atom. The van der Waals surface area contributed by atoms with E-state index in [4.69, 9.17) is 14.4 Å². The van der Waals surface area contributed by atoms with Crippen LogP contribution >= 0.6 is 0 Å². The first-order valence-corrected chi connectivity index (χ1v) is 12.4. The van der Waals surface area contributed by atoms with Gasteiger partial charge in [-0.05, 0) is 45.8 Å². The number of hydrogen-bond donors (Lipinski definition) is 0. The maximum absolute atomic E-state index is 6.15. The number of aromatic nitrogens is 2. The largest absolute Gasteiger partial charge is 0.456 e. The number of rotatable bonds is 2. The second-order valence-corrected chi connectivity index (χ2v) is 9.42. The lowest BCUT2D eigenvalue weighted by molar-refractivity contribution is 0.669. The minimum atomic E-state index is 0.716. The normalized spacial score (nSPS) is 11.8. The van der Waals surface area contributed by atoms with Crippen LogP contribution in [-0.4, -0.2) is 9.97 Å². The molecule has 0 saturated carbocycles. The van der Waals surface area contributed by atoms with Crippen molar-refractivity contribution in [1.82, 2.24) is 9.97 Å². The van der Waals surface area contributed by atoms with Crippen LogP contribution in [0, 0.1) is 0 Å². The Morgan fingerprint density at radius 3 is 2.11 bits per heavy atom. The van der Waals surface area contributed by atoms with Gasteiger partial charge >= 0.3 is 0 Å². The van der Waals surface area contributed by atoms with Gasteiger partial charge in [-0.2, -0.15) is 0 Å². The minimum absolute atomic E-state index is 0.716. The molecule has 0 unspecified atom stereocenters. The summed E-state index contributed by atoms with van der Waals surface area (Å²) in [7, 11) is 0. The number of nitrogens with zero attached hydrogens (tertiary/aromatic N) is 2.